The molecule has 5 atom stereocenters. The quantitative estimate of drug-likeness (QED) is 0.0146. The van der Waals surface area contributed by atoms with Gasteiger partial charge in [0.15, 0.2) is 6.10 Å². The number of phosphoric ester groups is 2. The molecule has 16 nitrogen and oxygen atoms in total. The van der Waals surface area contributed by atoms with Gasteiger partial charge in [-0.1, -0.05) is 363 Å². The Morgan fingerprint density at radius 3 is 0.713 bits per heavy atom. The summed E-state index contributed by atoms with van der Waals surface area (Å²) in [5.41, 5.74) is 0. The topological polar surface area (TPSA) is 231 Å². The number of hydrogen-bond acceptors (Lipinski definition) is 14. The van der Waals surface area contributed by atoms with Gasteiger partial charge in [0.2, 0.25) is 0 Å². The monoisotopic (exact) mass is 1640 g/mol. The molecule has 0 aromatic rings. The highest BCUT2D eigenvalue weighted by atomic mass is 31.2. The van der Waals surface area contributed by atoms with Crippen molar-refractivity contribution in [2.75, 3.05) is 39.6 Å². The predicted molar refractivity (Wildman–Crippen MR) is 481 cm³/mol. The Morgan fingerprint density at radius 1 is 0.243 bits per heavy atom. The van der Waals surface area contributed by atoms with Gasteiger partial charge in [0, 0.05) is 19.3 Å². The van der Waals surface area contributed by atoms with Crippen LogP contribution in [0, 0.1) is 0 Å². The summed E-state index contributed by atoms with van der Waals surface area (Å²) in [6.45, 7) is 2.29. The number of rotatable bonds is 83. The first-order chi connectivity index (χ1) is 56.2. The lowest BCUT2D eigenvalue weighted by Gasteiger charge is -2.21. The van der Waals surface area contributed by atoms with Gasteiger partial charge in [0.05, 0.1) is 26.4 Å². The Bertz CT molecular complexity index is 2870. The Hall–Kier alpha value is -5.61. The van der Waals surface area contributed by atoms with Gasteiger partial charge in [-0.15, -0.1) is 0 Å². The Balaban J connectivity index is 4.54. The lowest BCUT2D eigenvalue weighted by atomic mass is 10.0. The van der Waals surface area contributed by atoms with Crippen molar-refractivity contribution in [1.82, 2.24) is 0 Å². The van der Waals surface area contributed by atoms with Crippen LogP contribution >= 0.6 is 15.6 Å². The largest absolute Gasteiger partial charge is 0.472 e. The summed E-state index contributed by atoms with van der Waals surface area (Å²) >= 11 is 0. The fourth-order valence-corrected chi connectivity index (χ4v) is 13.2. The van der Waals surface area contributed by atoms with Crippen molar-refractivity contribution in [3.8, 4) is 0 Å². The molecule has 4 N–H and O–H groups in total. The molecule has 0 saturated carbocycles. The smallest absolute Gasteiger partial charge is 0.463 e. The molecular formula is C97H160O16P2. The molecule has 18 heteroatoms. The number of unbranched alkanes of at least 4 members (excludes halogenated alkanes) is 28. The first-order valence-corrected chi connectivity index (χ1v) is 47.7. The van der Waals surface area contributed by atoms with Gasteiger partial charge < -0.3 is 34.2 Å². The van der Waals surface area contributed by atoms with E-state index in [1.807, 2.05) is 12.2 Å². The molecule has 115 heavy (non-hydrogen) atoms. The molecule has 5 unspecified atom stereocenters. The molecule has 0 fully saturated rings. The summed E-state index contributed by atoms with van der Waals surface area (Å²) < 4.78 is 61.3. The average molecular weight is 1640 g/mol. The van der Waals surface area contributed by atoms with Gasteiger partial charge in [0.1, 0.15) is 25.4 Å². The van der Waals surface area contributed by atoms with Crippen LogP contribution in [0.2, 0.25) is 0 Å². The van der Waals surface area contributed by atoms with Crippen molar-refractivity contribution in [3.63, 3.8) is 0 Å². The molecule has 0 saturated heterocycles. The minimum atomic E-state index is -4.96. The standard InChI is InChI=1S/C97H160O16P2/c1-4-7-10-13-16-19-22-25-28-31-33-35-37-39-41-43-44-45-46-48-50-51-53-55-57-60-62-65-68-71-74-77-80-83-95(100)107-86-92(98)87-109-114(103,104)110-88-93(99)89-111-115(105,106)112-91-94(113-97(102)85-82-79-76-73-70-67-64-59-30-27-24-21-18-15-12-9-6-3)90-108-96(101)84-81-78-75-72-69-66-63-61-58-56-54-52-49-47-42-40-38-36-34-32-29-26-23-20-17-14-11-8-5-2/h7-12,16-21,25-30,33-36,39-42,44-45,64,67,73,76,92-94,98-99H,4-6,13-15,22-24,31-32,37-38,43,46-63,65-66,68-72,74-75,77-91H2,1-3H3,(H,103,104)(H,105,106)/b10-7-,11-8-,12-9-,19-16-,20-17-,21-18-,28-25-,29-26-,30-27-,35-33-,36-34-,41-39-,42-40-,45-44-,67-64-,76-73-. The molecule has 0 aliphatic carbocycles. The normalized spacial score (nSPS) is 14.7. The van der Waals surface area contributed by atoms with E-state index in [0.717, 1.165) is 161 Å². The van der Waals surface area contributed by atoms with Crippen LogP contribution in [0.1, 0.15) is 342 Å². The Kier molecular flexibility index (Phi) is 83.4. The van der Waals surface area contributed by atoms with E-state index >= 15 is 0 Å². The molecule has 0 aliphatic rings. The highest BCUT2D eigenvalue weighted by Crippen LogP contribution is 2.45. The van der Waals surface area contributed by atoms with Crippen LogP contribution < -0.4 is 0 Å². The third-order valence-corrected chi connectivity index (χ3v) is 20.2. The molecule has 0 heterocycles. The highest BCUT2D eigenvalue weighted by molar-refractivity contribution is 7.47. The summed E-state index contributed by atoms with van der Waals surface area (Å²) in [5, 5.41) is 20.7. The maximum Gasteiger partial charge on any atom is 0.472 e. The van der Waals surface area contributed by atoms with Gasteiger partial charge in [-0.05, 0) is 154 Å². The van der Waals surface area contributed by atoms with E-state index in [1.54, 1.807) is 0 Å². The molecule has 654 valence electrons. The van der Waals surface area contributed by atoms with Crippen molar-refractivity contribution >= 4 is 33.6 Å². The summed E-state index contributed by atoms with van der Waals surface area (Å²) in [4.78, 5) is 58.9. The molecule has 0 rings (SSSR count). The van der Waals surface area contributed by atoms with Crippen LogP contribution in [-0.4, -0.2) is 95.9 Å². The van der Waals surface area contributed by atoms with Gasteiger partial charge in [-0.2, -0.15) is 0 Å². The van der Waals surface area contributed by atoms with Crippen molar-refractivity contribution in [1.29, 1.82) is 0 Å². The minimum absolute atomic E-state index is 0.0210. The van der Waals surface area contributed by atoms with Crippen LogP contribution in [0.25, 0.3) is 0 Å². The number of carbonyl (C=O) groups is 3. The van der Waals surface area contributed by atoms with Gasteiger partial charge in [-0.25, -0.2) is 9.13 Å². The number of hydrogen-bond donors (Lipinski definition) is 4. The second-order valence-corrected chi connectivity index (χ2v) is 32.2. The van der Waals surface area contributed by atoms with Gasteiger partial charge in [-0.3, -0.25) is 32.5 Å². The van der Waals surface area contributed by atoms with Crippen LogP contribution in [0.15, 0.2) is 194 Å². The maximum absolute atomic E-state index is 13.0. The number of ether oxygens (including phenoxy) is 3. The number of phosphoric acid groups is 2. The van der Waals surface area contributed by atoms with E-state index in [1.165, 1.54) is 116 Å². The van der Waals surface area contributed by atoms with Crippen molar-refractivity contribution in [2.45, 2.75) is 360 Å². The lowest BCUT2D eigenvalue weighted by molar-refractivity contribution is -0.161. The molecule has 0 amide bonds. The number of aliphatic hydroxyl groups is 2. The predicted octanol–water partition coefficient (Wildman–Crippen LogP) is 27.4. The minimum Gasteiger partial charge on any atom is -0.463 e. The fraction of sp³-hybridized carbons (Fsp3) is 0.639. The van der Waals surface area contributed by atoms with E-state index in [9.17, 15) is 43.5 Å². The summed E-state index contributed by atoms with van der Waals surface area (Å²) in [6.07, 6.45) is 116. The fourth-order valence-electron chi connectivity index (χ4n) is 11.6. The van der Waals surface area contributed by atoms with Crippen molar-refractivity contribution < 1.29 is 75.8 Å². The van der Waals surface area contributed by atoms with E-state index in [0.29, 0.717) is 25.7 Å². The van der Waals surface area contributed by atoms with Gasteiger partial charge >= 0.3 is 33.6 Å². The number of allylic oxidation sites excluding steroid dienone is 32. The van der Waals surface area contributed by atoms with Crippen LogP contribution in [-0.2, 0) is 55.8 Å². The molecule has 0 radical (unpaired) electrons. The number of carbonyl (C=O) groups excluding carboxylic acids is 3. The van der Waals surface area contributed by atoms with E-state index < -0.39 is 91.5 Å². The van der Waals surface area contributed by atoms with Gasteiger partial charge in [0.25, 0.3) is 0 Å². The average Bonchev–Trinajstić information content (AvgIpc) is 0.902. The summed E-state index contributed by atoms with van der Waals surface area (Å²) in [5.74, 6) is -1.65. The third-order valence-electron chi connectivity index (χ3n) is 18.3. The highest BCUT2D eigenvalue weighted by Gasteiger charge is 2.29. The van der Waals surface area contributed by atoms with E-state index in [4.69, 9.17) is 32.3 Å². The van der Waals surface area contributed by atoms with Crippen LogP contribution in [0.5, 0.6) is 0 Å². The lowest BCUT2D eigenvalue weighted by Crippen LogP contribution is -2.30. The van der Waals surface area contributed by atoms with Crippen LogP contribution in [0.4, 0.5) is 0 Å². The van der Waals surface area contributed by atoms with Crippen molar-refractivity contribution in [3.05, 3.63) is 194 Å². The molecular weight excluding hydrogens is 1480 g/mol. The second kappa shape index (κ2) is 87.7. The maximum atomic E-state index is 13.0. The zero-order valence-corrected chi connectivity index (χ0v) is 73.7. The SMILES string of the molecule is CC/C=C\C/C=C\C/C=C\C/C=C\C/C=C\C/C=C\CCCCCCCCCCCCCCCCC(=O)OCC(O)COP(=O)(O)OCC(O)COP(=O)(O)OCC(COC(=O)CCCCCCCCCCCCCCC/C=C\C/C=C\C/C=C\C/C=C\C/C=C\CC)OC(=O)CCC/C=C\C/C=C\C/C=C\C/C=C\C/C=C\CC. The zero-order valence-electron chi connectivity index (χ0n) is 71.9. The Labute approximate surface area is 699 Å². The Morgan fingerprint density at radius 2 is 0.443 bits per heavy atom. The first-order valence-electron chi connectivity index (χ1n) is 44.7. The summed E-state index contributed by atoms with van der Waals surface area (Å²) in [6, 6.07) is 0. The van der Waals surface area contributed by atoms with E-state index in [-0.39, 0.29) is 19.3 Å². The molecule has 0 aliphatic heterocycles. The number of aliphatic hydroxyl groups excluding tert-OH is 2. The second-order valence-electron chi connectivity index (χ2n) is 29.3. The molecule has 0 bridgehead atoms. The summed E-state index contributed by atoms with van der Waals surface area (Å²) in [7, 11) is -9.83. The zero-order chi connectivity index (χ0) is 83.6. The molecule has 0 aromatic heterocycles. The van der Waals surface area contributed by atoms with E-state index in [2.05, 4.69) is 203 Å². The molecule has 0 spiro atoms. The molecule has 0 aromatic carbocycles. The number of esters is 3. The third kappa shape index (κ3) is 89.0. The first kappa shape index (κ1) is 109. The van der Waals surface area contributed by atoms with Crippen LogP contribution in [0.3, 0.4) is 0 Å². The van der Waals surface area contributed by atoms with Crippen molar-refractivity contribution in [2.24, 2.45) is 0 Å².